The maximum Gasteiger partial charge on any atom is 0.358 e. The molecule has 5 nitrogen and oxygen atoms in total. The van der Waals surface area contributed by atoms with E-state index >= 15 is 0 Å². The van der Waals surface area contributed by atoms with Crippen LogP contribution in [0.1, 0.15) is 29.0 Å². The fourth-order valence-corrected chi connectivity index (χ4v) is 2.20. The van der Waals surface area contributed by atoms with Crippen molar-refractivity contribution in [2.75, 3.05) is 12.4 Å². The lowest BCUT2D eigenvalue weighted by molar-refractivity contribution is 0.0593. The SMILES string of the molecule is COC(=O)c1ccc(NC(C)c2ccsc2)nn1. The van der Waals surface area contributed by atoms with Gasteiger partial charge in [-0.1, -0.05) is 0 Å². The summed E-state index contributed by atoms with van der Waals surface area (Å²) < 4.78 is 4.56. The Morgan fingerprint density at radius 3 is 2.78 bits per heavy atom. The van der Waals surface area contributed by atoms with Crippen LogP contribution in [0.3, 0.4) is 0 Å². The van der Waals surface area contributed by atoms with Crippen molar-refractivity contribution in [3.8, 4) is 0 Å². The monoisotopic (exact) mass is 263 g/mol. The molecule has 2 aromatic rings. The highest BCUT2D eigenvalue weighted by molar-refractivity contribution is 7.07. The van der Waals surface area contributed by atoms with Crippen LogP contribution in [0.25, 0.3) is 0 Å². The molecule has 0 aliphatic rings. The molecule has 18 heavy (non-hydrogen) atoms. The first-order chi connectivity index (χ1) is 8.70. The van der Waals surface area contributed by atoms with Crippen molar-refractivity contribution in [1.82, 2.24) is 10.2 Å². The minimum absolute atomic E-state index is 0.148. The zero-order valence-corrected chi connectivity index (χ0v) is 10.9. The summed E-state index contributed by atoms with van der Waals surface area (Å²) in [5, 5.41) is 15.1. The Labute approximate surface area is 109 Å². The third-order valence-corrected chi connectivity index (χ3v) is 3.17. The molecule has 2 aromatic heterocycles. The van der Waals surface area contributed by atoms with E-state index in [1.807, 2.05) is 12.3 Å². The minimum atomic E-state index is -0.486. The fraction of sp³-hybridized carbons (Fsp3) is 0.250. The number of rotatable bonds is 4. The first kappa shape index (κ1) is 12.5. The molecule has 94 valence electrons. The molecule has 1 N–H and O–H groups in total. The average Bonchev–Trinajstić information content (AvgIpc) is 2.92. The van der Waals surface area contributed by atoms with Gasteiger partial charge in [0.15, 0.2) is 5.69 Å². The van der Waals surface area contributed by atoms with Crippen molar-refractivity contribution < 1.29 is 9.53 Å². The summed E-state index contributed by atoms with van der Waals surface area (Å²) in [5.74, 6) is 0.140. The van der Waals surface area contributed by atoms with Crippen molar-refractivity contribution in [2.45, 2.75) is 13.0 Å². The number of anilines is 1. The molecular weight excluding hydrogens is 250 g/mol. The molecule has 0 aliphatic carbocycles. The molecule has 0 saturated heterocycles. The van der Waals surface area contributed by atoms with Gasteiger partial charge in [0.1, 0.15) is 5.82 Å². The Bertz CT molecular complexity index is 511. The second kappa shape index (κ2) is 5.59. The quantitative estimate of drug-likeness (QED) is 0.859. The number of esters is 1. The number of hydrogen-bond donors (Lipinski definition) is 1. The van der Waals surface area contributed by atoms with E-state index in [-0.39, 0.29) is 11.7 Å². The van der Waals surface area contributed by atoms with E-state index in [9.17, 15) is 4.79 Å². The van der Waals surface area contributed by atoms with Gasteiger partial charge in [0.2, 0.25) is 0 Å². The van der Waals surface area contributed by atoms with Crippen LogP contribution in [0.15, 0.2) is 29.0 Å². The Balaban J connectivity index is 2.04. The van der Waals surface area contributed by atoms with Crippen LogP contribution in [-0.2, 0) is 4.74 Å². The fourth-order valence-electron chi connectivity index (χ4n) is 1.45. The van der Waals surface area contributed by atoms with Gasteiger partial charge in [-0.3, -0.25) is 0 Å². The van der Waals surface area contributed by atoms with Gasteiger partial charge in [-0.05, 0) is 41.4 Å². The Hall–Kier alpha value is -1.95. The third-order valence-electron chi connectivity index (χ3n) is 2.47. The second-order valence-corrected chi connectivity index (χ2v) is 4.50. The van der Waals surface area contributed by atoms with Gasteiger partial charge in [-0.2, -0.15) is 11.3 Å². The number of nitrogens with one attached hydrogen (secondary N) is 1. The molecular formula is C12H13N3O2S. The standard InChI is InChI=1S/C12H13N3O2S/c1-8(9-5-6-18-7-9)13-11-4-3-10(14-15-11)12(16)17-2/h3-8H,1-2H3,(H,13,15). The van der Waals surface area contributed by atoms with Gasteiger partial charge in [0, 0.05) is 0 Å². The lowest BCUT2D eigenvalue weighted by Crippen LogP contribution is -2.10. The lowest BCUT2D eigenvalue weighted by atomic mass is 10.2. The maximum absolute atomic E-state index is 11.2. The van der Waals surface area contributed by atoms with Crippen LogP contribution in [0.2, 0.25) is 0 Å². The Kier molecular flexibility index (Phi) is 3.88. The van der Waals surface area contributed by atoms with Gasteiger partial charge in [0.25, 0.3) is 0 Å². The number of carbonyl (C=O) groups is 1. The number of aromatic nitrogens is 2. The van der Waals surface area contributed by atoms with Gasteiger partial charge in [-0.15, -0.1) is 10.2 Å². The number of carbonyl (C=O) groups excluding carboxylic acids is 1. The number of methoxy groups -OCH3 is 1. The smallest absolute Gasteiger partial charge is 0.358 e. The van der Waals surface area contributed by atoms with Crippen LogP contribution in [-0.4, -0.2) is 23.3 Å². The molecule has 0 amide bonds. The van der Waals surface area contributed by atoms with Crippen molar-refractivity contribution in [1.29, 1.82) is 0 Å². The summed E-state index contributed by atoms with van der Waals surface area (Å²) in [6.07, 6.45) is 0. The third kappa shape index (κ3) is 2.84. The molecule has 0 aromatic carbocycles. The summed E-state index contributed by atoms with van der Waals surface area (Å²) in [5.41, 5.74) is 1.39. The van der Waals surface area contributed by atoms with Crippen molar-refractivity contribution in [3.05, 3.63) is 40.2 Å². The highest BCUT2D eigenvalue weighted by Gasteiger charge is 2.09. The van der Waals surface area contributed by atoms with Gasteiger partial charge < -0.3 is 10.1 Å². The number of hydrogen-bond acceptors (Lipinski definition) is 6. The summed E-state index contributed by atoms with van der Waals surface area (Å²) in [6.45, 7) is 2.04. The topological polar surface area (TPSA) is 64.1 Å². The lowest BCUT2D eigenvalue weighted by Gasteiger charge is -2.12. The van der Waals surface area contributed by atoms with Crippen LogP contribution in [0, 0.1) is 0 Å². The van der Waals surface area contributed by atoms with E-state index in [2.05, 4.69) is 31.7 Å². The van der Waals surface area contributed by atoms with Crippen LogP contribution >= 0.6 is 11.3 Å². The van der Waals surface area contributed by atoms with Gasteiger partial charge in [0.05, 0.1) is 13.2 Å². The normalized spacial score (nSPS) is 11.9. The second-order valence-electron chi connectivity index (χ2n) is 3.72. The molecule has 0 bridgehead atoms. The summed E-state index contributed by atoms with van der Waals surface area (Å²) >= 11 is 1.65. The van der Waals surface area contributed by atoms with E-state index in [0.29, 0.717) is 5.82 Å². The number of ether oxygens (including phenoxy) is 1. The molecule has 1 unspecified atom stereocenters. The highest BCUT2D eigenvalue weighted by atomic mass is 32.1. The predicted molar refractivity (Wildman–Crippen MR) is 69.7 cm³/mol. The van der Waals surface area contributed by atoms with Crippen molar-refractivity contribution in [2.24, 2.45) is 0 Å². The van der Waals surface area contributed by atoms with E-state index in [0.717, 1.165) is 0 Å². The van der Waals surface area contributed by atoms with E-state index in [1.165, 1.54) is 12.7 Å². The van der Waals surface area contributed by atoms with E-state index in [1.54, 1.807) is 23.5 Å². The summed E-state index contributed by atoms with van der Waals surface area (Å²) in [6, 6.07) is 5.50. The zero-order chi connectivity index (χ0) is 13.0. The molecule has 0 aliphatic heterocycles. The molecule has 2 heterocycles. The highest BCUT2D eigenvalue weighted by Crippen LogP contribution is 2.19. The van der Waals surface area contributed by atoms with E-state index in [4.69, 9.17) is 0 Å². The van der Waals surface area contributed by atoms with Crippen LogP contribution < -0.4 is 5.32 Å². The molecule has 2 rings (SSSR count). The minimum Gasteiger partial charge on any atom is -0.464 e. The largest absolute Gasteiger partial charge is 0.464 e. The van der Waals surface area contributed by atoms with E-state index < -0.39 is 5.97 Å². The number of thiophene rings is 1. The zero-order valence-electron chi connectivity index (χ0n) is 10.1. The first-order valence-corrected chi connectivity index (χ1v) is 6.35. The van der Waals surface area contributed by atoms with Crippen molar-refractivity contribution in [3.63, 3.8) is 0 Å². The maximum atomic E-state index is 11.2. The number of nitrogens with zero attached hydrogens (tertiary/aromatic N) is 2. The Morgan fingerprint density at radius 1 is 1.39 bits per heavy atom. The van der Waals surface area contributed by atoms with Gasteiger partial charge >= 0.3 is 5.97 Å². The average molecular weight is 263 g/mol. The molecule has 0 saturated carbocycles. The molecule has 0 radical (unpaired) electrons. The van der Waals surface area contributed by atoms with Crippen molar-refractivity contribution >= 4 is 23.1 Å². The van der Waals surface area contributed by atoms with Gasteiger partial charge in [-0.25, -0.2) is 4.79 Å². The molecule has 6 heteroatoms. The van der Waals surface area contributed by atoms with Crippen LogP contribution in [0.4, 0.5) is 5.82 Å². The predicted octanol–water partition coefficient (Wildman–Crippen LogP) is 2.50. The molecule has 1 atom stereocenters. The van der Waals surface area contributed by atoms with Crippen LogP contribution in [0.5, 0.6) is 0 Å². The Morgan fingerprint density at radius 2 is 2.22 bits per heavy atom. The molecule has 0 fully saturated rings. The first-order valence-electron chi connectivity index (χ1n) is 5.41. The summed E-state index contributed by atoms with van der Waals surface area (Å²) in [7, 11) is 1.31. The summed E-state index contributed by atoms with van der Waals surface area (Å²) in [4.78, 5) is 11.2. The molecule has 0 spiro atoms.